The van der Waals surface area contributed by atoms with E-state index in [1.165, 1.54) is 24.4 Å². The fraction of sp³-hybridized carbons (Fsp3) is 0.316. The zero-order valence-electron chi connectivity index (χ0n) is 14.4. The Hall–Kier alpha value is -2.90. The van der Waals surface area contributed by atoms with E-state index in [1.54, 1.807) is 17.9 Å². The van der Waals surface area contributed by atoms with Gasteiger partial charge in [-0.3, -0.25) is 4.79 Å². The van der Waals surface area contributed by atoms with Crippen LogP contribution in [-0.4, -0.2) is 32.9 Å². The van der Waals surface area contributed by atoms with Crippen LogP contribution in [0.1, 0.15) is 57.8 Å². The van der Waals surface area contributed by atoms with Crippen LogP contribution in [0.4, 0.5) is 13.2 Å². The molecule has 8 heteroatoms. The smallest absolute Gasteiger partial charge is 0.416 e. The first-order chi connectivity index (χ1) is 12.7. The van der Waals surface area contributed by atoms with Crippen LogP contribution in [-0.2, 0) is 6.18 Å². The number of pyridine rings is 1. The number of rotatable bonds is 5. The number of aromatic carboxylic acids is 1. The quantitative estimate of drug-likeness (QED) is 0.848. The highest BCUT2D eigenvalue weighted by Crippen LogP contribution is 2.37. The first-order valence-electron chi connectivity index (χ1n) is 8.37. The molecule has 3 rings (SSSR count). The molecular formula is C19H17F3N2O3. The van der Waals surface area contributed by atoms with Gasteiger partial charge in [0.25, 0.3) is 5.91 Å². The summed E-state index contributed by atoms with van der Waals surface area (Å²) in [5.41, 5.74) is -0.358. The highest BCUT2D eigenvalue weighted by Gasteiger charge is 2.38. The molecule has 1 heterocycles. The molecule has 0 spiro atoms. The van der Waals surface area contributed by atoms with Crippen molar-refractivity contribution in [2.45, 2.75) is 38.0 Å². The molecule has 0 bridgehead atoms. The summed E-state index contributed by atoms with van der Waals surface area (Å²) in [6.45, 7) is 1.69. The van der Waals surface area contributed by atoms with Crippen molar-refractivity contribution < 1.29 is 27.9 Å². The summed E-state index contributed by atoms with van der Waals surface area (Å²) in [6.07, 6.45) is -1.73. The van der Waals surface area contributed by atoms with E-state index in [-0.39, 0.29) is 23.2 Å². The number of hydrogen-bond donors (Lipinski definition) is 1. The highest BCUT2D eigenvalue weighted by atomic mass is 19.4. The van der Waals surface area contributed by atoms with Crippen molar-refractivity contribution in [3.05, 3.63) is 65.0 Å². The van der Waals surface area contributed by atoms with Crippen LogP contribution >= 0.6 is 0 Å². The molecule has 142 valence electrons. The van der Waals surface area contributed by atoms with Crippen molar-refractivity contribution in [2.75, 3.05) is 0 Å². The van der Waals surface area contributed by atoms with Gasteiger partial charge in [0.1, 0.15) is 5.69 Å². The first-order valence-corrected chi connectivity index (χ1v) is 8.37. The molecule has 0 aliphatic heterocycles. The molecule has 1 atom stereocenters. The van der Waals surface area contributed by atoms with Crippen molar-refractivity contribution in [2.24, 2.45) is 0 Å². The summed E-state index contributed by atoms with van der Waals surface area (Å²) in [6, 6.07) is 6.92. The van der Waals surface area contributed by atoms with E-state index in [2.05, 4.69) is 4.98 Å². The number of carbonyl (C=O) groups excluding carboxylic acids is 1. The Kier molecular flexibility index (Phi) is 4.91. The summed E-state index contributed by atoms with van der Waals surface area (Å²) in [5, 5.41) is 8.90. The Morgan fingerprint density at radius 3 is 2.44 bits per heavy atom. The number of alkyl halides is 3. The van der Waals surface area contributed by atoms with E-state index >= 15 is 0 Å². The van der Waals surface area contributed by atoms with Gasteiger partial charge in [0.05, 0.1) is 17.2 Å². The number of benzene rings is 1. The Morgan fingerprint density at radius 2 is 1.93 bits per heavy atom. The maximum Gasteiger partial charge on any atom is 0.416 e. The lowest BCUT2D eigenvalue weighted by molar-refractivity contribution is -0.137. The number of carbonyl (C=O) groups is 2. The molecule has 1 N–H and O–H groups in total. The largest absolute Gasteiger partial charge is 0.477 e. The van der Waals surface area contributed by atoms with Crippen LogP contribution in [0.5, 0.6) is 0 Å². The fourth-order valence-electron chi connectivity index (χ4n) is 2.94. The molecule has 1 saturated carbocycles. The Morgan fingerprint density at radius 1 is 1.22 bits per heavy atom. The molecule has 0 saturated heterocycles. The van der Waals surface area contributed by atoms with Gasteiger partial charge in [-0.05, 0) is 49.6 Å². The van der Waals surface area contributed by atoms with Crippen LogP contribution in [0.3, 0.4) is 0 Å². The second-order valence-electron chi connectivity index (χ2n) is 6.48. The predicted molar refractivity (Wildman–Crippen MR) is 90.2 cm³/mol. The number of aromatic nitrogens is 1. The minimum absolute atomic E-state index is 0.0545. The SMILES string of the molecule is CC(c1cccc(C(F)(F)F)c1)N(C(=O)c1ccc(C(=O)O)nc1)C1CC1. The van der Waals surface area contributed by atoms with Gasteiger partial charge in [0.15, 0.2) is 0 Å². The fourth-order valence-corrected chi connectivity index (χ4v) is 2.94. The third kappa shape index (κ3) is 4.10. The maximum atomic E-state index is 13.0. The zero-order valence-corrected chi connectivity index (χ0v) is 14.4. The average Bonchev–Trinajstić information content (AvgIpc) is 3.46. The topological polar surface area (TPSA) is 70.5 Å². The maximum absolute atomic E-state index is 13.0. The van der Waals surface area contributed by atoms with Gasteiger partial charge in [0, 0.05) is 12.2 Å². The van der Waals surface area contributed by atoms with Crippen LogP contribution in [0, 0.1) is 0 Å². The lowest BCUT2D eigenvalue weighted by Crippen LogP contribution is -2.35. The minimum Gasteiger partial charge on any atom is -0.477 e. The van der Waals surface area contributed by atoms with E-state index in [4.69, 9.17) is 5.11 Å². The third-order valence-corrected chi connectivity index (χ3v) is 4.52. The summed E-state index contributed by atoms with van der Waals surface area (Å²) in [4.78, 5) is 29.1. The lowest BCUT2D eigenvalue weighted by Gasteiger charge is -2.30. The van der Waals surface area contributed by atoms with Crippen LogP contribution in [0.25, 0.3) is 0 Å². The van der Waals surface area contributed by atoms with Gasteiger partial charge in [0.2, 0.25) is 0 Å². The minimum atomic E-state index is -4.46. The molecule has 2 aromatic rings. The summed E-state index contributed by atoms with van der Waals surface area (Å²) in [5.74, 6) is -1.59. The Labute approximate surface area is 153 Å². The van der Waals surface area contributed by atoms with E-state index in [0.29, 0.717) is 5.56 Å². The monoisotopic (exact) mass is 378 g/mol. The number of carboxylic acids is 1. The van der Waals surface area contributed by atoms with Gasteiger partial charge in [-0.15, -0.1) is 0 Å². The van der Waals surface area contributed by atoms with E-state index in [0.717, 1.165) is 25.0 Å². The lowest BCUT2D eigenvalue weighted by atomic mass is 10.0. The predicted octanol–water partition coefficient (Wildman–Crippen LogP) is 4.16. The van der Waals surface area contributed by atoms with Crippen LogP contribution in [0.15, 0.2) is 42.6 Å². The molecule has 1 aromatic carbocycles. The number of carboxylic acid groups (broad SMARTS) is 1. The summed E-state index contributed by atoms with van der Waals surface area (Å²) >= 11 is 0. The Bertz CT molecular complexity index is 861. The highest BCUT2D eigenvalue weighted by molar-refractivity contribution is 5.95. The molecule has 1 unspecified atom stereocenters. The molecule has 1 aromatic heterocycles. The normalized spacial score (nSPS) is 15.3. The van der Waals surface area contributed by atoms with E-state index in [1.807, 2.05) is 0 Å². The molecule has 27 heavy (non-hydrogen) atoms. The number of hydrogen-bond acceptors (Lipinski definition) is 3. The molecule has 1 fully saturated rings. The molecule has 1 aliphatic rings. The van der Waals surface area contributed by atoms with Gasteiger partial charge in [-0.25, -0.2) is 9.78 Å². The van der Waals surface area contributed by atoms with Gasteiger partial charge in [-0.2, -0.15) is 13.2 Å². The van der Waals surface area contributed by atoms with E-state index < -0.39 is 23.8 Å². The molecule has 1 aliphatic carbocycles. The average molecular weight is 378 g/mol. The molecular weight excluding hydrogens is 361 g/mol. The summed E-state index contributed by atoms with van der Waals surface area (Å²) < 4.78 is 39.0. The molecule has 1 amide bonds. The van der Waals surface area contributed by atoms with Gasteiger partial charge in [-0.1, -0.05) is 12.1 Å². The van der Waals surface area contributed by atoms with Gasteiger partial charge >= 0.3 is 12.1 Å². The van der Waals surface area contributed by atoms with Crippen LogP contribution < -0.4 is 0 Å². The van der Waals surface area contributed by atoms with Crippen molar-refractivity contribution in [3.8, 4) is 0 Å². The van der Waals surface area contributed by atoms with Crippen molar-refractivity contribution in [1.29, 1.82) is 0 Å². The van der Waals surface area contributed by atoms with E-state index in [9.17, 15) is 22.8 Å². The molecule has 0 radical (unpaired) electrons. The number of halogens is 3. The van der Waals surface area contributed by atoms with Crippen LogP contribution in [0.2, 0.25) is 0 Å². The van der Waals surface area contributed by atoms with Gasteiger partial charge < -0.3 is 10.0 Å². The second kappa shape index (κ2) is 7.02. The summed E-state index contributed by atoms with van der Waals surface area (Å²) in [7, 11) is 0. The number of amides is 1. The Balaban J connectivity index is 1.89. The second-order valence-corrected chi connectivity index (χ2v) is 6.48. The van der Waals surface area contributed by atoms with Crippen molar-refractivity contribution >= 4 is 11.9 Å². The zero-order chi connectivity index (χ0) is 19.8. The van der Waals surface area contributed by atoms with Crippen molar-refractivity contribution in [1.82, 2.24) is 9.88 Å². The van der Waals surface area contributed by atoms with Crippen molar-refractivity contribution in [3.63, 3.8) is 0 Å². The molecule has 5 nitrogen and oxygen atoms in total. The first kappa shape index (κ1) is 18.9. The third-order valence-electron chi connectivity index (χ3n) is 4.52. The number of nitrogens with zero attached hydrogens (tertiary/aromatic N) is 2. The standard InChI is InChI=1S/C19H17F3N2O3/c1-11(12-3-2-4-14(9-12)19(20,21)22)24(15-6-7-15)17(25)13-5-8-16(18(26)27)23-10-13/h2-5,8-11,15H,6-7H2,1H3,(H,26,27).